The zero-order valence-electron chi connectivity index (χ0n) is 19.7. The molecule has 1 aromatic carbocycles. The number of aromatic amines is 1. The Bertz CT molecular complexity index is 1310. The van der Waals surface area contributed by atoms with Gasteiger partial charge in [0.05, 0.1) is 23.4 Å². The normalized spacial score (nSPS) is 15.7. The first-order valence-electron chi connectivity index (χ1n) is 11.7. The van der Waals surface area contributed by atoms with E-state index in [0.29, 0.717) is 18.4 Å². The Balaban J connectivity index is 1.48. The highest BCUT2D eigenvalue weighted by Crippen LogP contribution is 2.38. The molecule has 33 heavy (non-hydrogen) atoms. The van der Waals surface area contributed by atoms with Crippen molar-refractivity contribution in [2.45, 2.75) is 45.4 Å². The summed E-state index contributed by atoms with van der Waals surface area (Å²) in [5.74, 6) is 0.997. The van der Waals surface area contributed by atoms with Crippen molar-refractivity contribution >= 4 is 38.5 Å². The summed E-state index contributed by atoms with van der Waals surface area (Å²) in [5.41, 5.74) is 10.0. The quantitative estimate of drug-likeness (QED) is 0.429. The van der Waals surface area contributed by atoms with Gasteiger partial charge in [0.1, 0.15) is 10.3 Å². The van der Waals surface area contributed by atoms with Crippen LogP contribution in [-0.4, -0.2) is 52.4 Å². The van der Waals surface area contributed by atoms with Crippen LogP contribution in [-0.2, 0) is 4.79 Å². The number of hydrogen-bond donors (Lipinski definition) is 2. The molecule has 172 valence electrons. The van der Waals surface area contributed by atoms with Crippen LogP contribution in [0.3, 0.4) is 0 Å². The van der Waals surface area contributed by atoms with Gasteiger partial charge in [-0.15, -0.1) is 11.3 Å². The van der Waals surface area contributed by atoms with E-state index in [4.69, 9.17) is 4.98 Å². The summed E-state index contributed by atoms with van der Waals surface area (Å²) >= 11 is 1.59. The van der Waals surface area contributed by atoms with E-state index < -0.39 is 0 Å². The smallest absolute Gasteiger partial charge is 0.233 e. The molecule has 2 N–H and O–H groups in total. The number of fused-ring (bicyclic) bond motifs is 2. The number of H-pyrrole nitrogens is 1. The van der Waals surface area contributed by atoms with Crippen LogP contribution < -0.4 is 5.32 Å². The molecule has 1 saturated heterocycles. The van der Waals surface area contributed by atoms with Crippen molar-refractivity contribution in [2.75, 3.05) is 26.7 Å². The Labute approximate surface area is 198 Å². The predicted octanol–water partition coefficient (Wildman–Crippen LogP) is 5.20. The number of hydrogen-bond acceptors (Lipinski definition) is 5. The molecular weight excluding hydrogens is 430 g/mol. The Morgan fingerprint density at radius 1 is 1.27 bits per heavy atom. The summed E-state index contributed by atoms with van der Waals surface area (Å²) < 4.78 is 0. The predicted molar refractivity (Wildman–Crippen MR) is 136 cm³/mol. The second-order valence-corrected chi connectivity index (χ2v) is 10.3. The van der Waals surface area contributed by atoms with Crippen LogP contribution in [0.5, 0.6) is 0 Å². The number of aromatic nitrogens is 3. The second-order valence-electron chi connectivity index (χ2n) is 9.43. The number of amides is 1. The first kappa shape index (κ1) is 22.0. The zero-order chi connectivity index (χ0) is 23.1. The van der Waals surface area contributed by atoms with Crippen molar-refractivity contribution in [2.24, 2.45) is 0 Å². The monoisotopic (exact) mass is 461 g/mol. The first-order chi connectivity index (χ1) is 15.9. The van der Waals surface area contributed by atoms with Crippen molar-refractivity contribution in [1.29, 1.82) is 0 Å². The third kappa shape index (κ3) is 4.15. The molecule has 0 spiro atoms. The van der Waals surface area contributed by atoms with Gasteiger partial charge in [-0.2, -0.15) is 0 Å². The maximum atomic E-state index is 11.7. The number of benzene rings is 1. The molecule has 1 amide bonds. The topological polar surface area (TPSA) is 73.9 Å². The number of carbonyl (C=O) groups is 1. The SMILES string of the molecule is CNC(=O)CN1CCC(c2ccc3[nH]c(-c4cc(C)c5ncsc5n4)c(C(C)C)c3c2)CC1. The molecule has 0 aliphatic carbocycles. The van der Waals surface area contributed by atoms with Crippen LogP contribution in [0.2, 0.25) is 0 Å². The lowest BCUT2D eigenvalue weighted by Crippen LogP contribution is -2.40. The summed E-state index contributed by atoms with van der Waals surface area (Å²) in [7, 11) is 1.70. The molecule has 3 aromatic heterocycles. The lowest BCUT2D eigenvalue weighted by Gasteiger charge is -2.31. The number of thiazole rings is 1. The van der Waals surface area contributed by atoms with Gasteiger partial charge < -0.3 is 10.3 Å². The first-order valence-corrected chi connectivity index (χ1v) is 12.6. The molecular formula is C26H31N5OS. The summed E-state index contributed by atoms with van der Waals surface area (Å²) in [6.07, 6.45) is 2.17. The number of likely N-dealkylation sites (N-methyl/N-ethyl adjacent to an activating group) is 1. The molecule has 4 heterocycles. The van der Waals surface area contributed by atoms with Crippen molar-refractivity contribution in [3.8, 4) is 11.4 Å². The molecule has 1 fully saturated rings. The molecule has 0 saturated carbocycles. The van der Waals surface area contributed by atoms with Gasteiger partial charge in [0.2, 0.25) is 5.91 Å². The highest BCUT2D eigenvalue weighted by Gasteiger charge is 2.24. The van der Waals surface area contributed by atoms with Crippen LogP contribution in [0.4, 0.5) is 0 Å². The molecule has 0 radical (unpaired) electrons. The van der Waals surface area contributed by atoms with Crippen LogP contribution in [0.15, 0.2) is 29.8 Å². The number of carbonyl (C=O) groups excluding carboxylic acids is 1. The average molecular weight is 462 g/mol. The van der Waals surface area contributed by atoms with Crippen molar-refractivity contribution in [1.82, 2.24) is 25.2 Å². The van der Waals surface area contributed by atoms with Crippen molar-refractivity contribution < 1.29 is 4.79 Å². The van der Waals surface area contributed by atoms with Gasteiger partial charge in [0.25, 0.3) is 0 Å². The molecule has 4 aromatic rings. The molecule has 5 rings (SSSR count). The van der Waals surface area contributed by atoms with E-state index >= 15 is 0 Å². The molecule has 1 aliphatic rings. The molecule has 0 bridgehead atoms. The number of likely N-dealkylation sites (tertiary alicyclic amines) is 1. The molecule has 6 nitrogen and oxygen atoms in total. The second kappa shape index (κ2) is 8.88. The number of piperidine rings is 1. The van der Waals surface area contributed by atoms with Crippen molar-refractivity contribution in [3.63, 3.8) is 0 Å². The Hall–Kier alpha value is -2.77. The van der Waals surface area contributed by atoms with Gasteiger partial charge in [0.15, 0.2) is 0 Å². The van der Waals surface area contributed by atoms with Gasteiger partial charge in [-0.3, -0.25) is 9.69 Å². The van der Waals surface area contributed by atoms with Crippen LogP contribution in [0, 0.1) is 6.92 Å². The third-order valence-electron chi connectivity index (χ3n) is 6.90. The number of nitrogens with zero attached hydrogens (tertiary/aromatic N) is 3. The van der Waals surface area contributed by atoms with E-state index in [9.17, 15) is 4.79 Å². The maximum Gasteiger partial charge on any atom is 0.233 e. The Kier molecular flexibility index (Phi) is 5.93. The van der Waals surface area contributed by atoms with E-state index in [1.165, 1.54) is 22.0 Å². The highest BCUT2D eigenvalue weighted by molar-refractivity contribution is 7.16. The number of rotatable bonds is 5. The van der Waals surface area contributed by atoms with E-state index in [1.807, 2.05) is 5.51 Å². The lowest BCUT2D eigenvalue weighted by atomic mass is 9.87. The fraction of sp³-hybridized carbons (Fsp3) is 0.423. The zero-order valence-corrected chi connectivity index (χ0v) is 20.6. The van der Waals surface area contributed by atoms with Gasteiger partial charge in [-0.25, -0.2) is 9.97 Å². The Morgan fingerprint density at radius 2 is 2.06 bits per heavy atom. The summed E-state index contributed by atoms with van der Waals surface area (Å²) in [6, 6.07) is 9.05. The molecule has 7 heteroatoms. The van der Waals surface area contributed by atoms with Gasteiger partial charge in [-0.05, 0) is 79.6 Å². The molecule has 0 atom stereocenters. The summed E-state index contributed by atoms with van der Waals surface area (Å²) in [5, 5.41) is 4.03. The van der Waals surface area contributed by atoms with E-state index in [1.54, 1.807) is 18.4 Å². The minimum atomic E-state index is 0.0941. The van der Waals surface area contributed by atoms with Gasteiger partial charge in [0, 0.05) is 18.0 Å². The average Bonchev–Trinajstić information content (AvgIpc) is 3.44. The summed E-state index contributed by atoms with van der Waals surface area (Å²) in [6.45, 7) is 9.05. The summed E-state index contributed by atoms with van der Waals surface area (Å²) in [4.78, 5) is 28.0. The van der Waals surface area contributed by atoms with Crippen LogP contribution >= 0.6 is 11.3 Å². The Morgan fingerprint density at radius 3 is 2.79 bits per heavy atom. The number of pyridine rings is 1. The lowest BCUT2D eigenvalue weighted by molar-refractivity contribution is -0.122. The van der Waals surface area contributed by atoms with Crippen LogP contribution in [0.1, 0.15) is 55.2 Å². The van der Waals surface area contributed by atoms with E-state index in [2.05, 4.69) is 65.2 Å². The minimum Gasteiger partial charge on any atom is -0.358 e. The molecule has 0 unspecified atom stereocenters. The number of nitrogens with one attached hydrogen (secondary N) is 2. The largest absolute Gasteiger partial charge is 0.358 e. The van der Waals surface area contributed by atoms with E-state index in [0.717, 1.165) is 53.2 Å². The van der Waals surface area contributed by atoms with Gasteiger partial charge in [-0.1, -0.05) is 19.9 Å². The minimum absolute atomic E-state index is 0.0941. The van der Waals surface area contributed by atoms with Crippen LogP contribution in [0.25, 0.3) is 32.6 Å². The number of aryl methyl sites for hydroxylation is 1. The third-order valence-corrected chi connectivity index (χ3v) is 7.62. The fourth-order valence-electron chi connectivity index (χ4n) is 5.13. The fourth-order valence-corrected chi connectivity index (χ4v) is 5.86. The maximum absolute atomic E-state index is 11.7. The standard InChI is InChI=1S/C26H31N5OS/c1-15(2)23-19-12-18(17-7-9-31(10-8-17)13-22(32)27-4)5-6-20(19)29-25(23)21-11-16(3)24-26(30-21)33-14-28-24/h5-6,11-12,14-15,17,29H,7-10,13H2,1-4H3,(H,27,32). The van der Waals surface area contributed by atoms with Gasteiger partial charge >= 0.3 is 0 Å². The highest BCUT2D eigenvalue weighted by atomic mass is 32.1. The van der Waals surface area contributed by atoms with E-state index in [-0.39, 0.29) is 5.91 Å². The molecule has 1 aliphatic heterocycles. The van der Waals surface area contributed by atoms with Crippen molar-refractivity contribution in [3.05, 3.63) is 46.5 Å².